The number of oxime groups is 1. The van der Waals surface area contributed by atoms with Crippen LogP contribution in [-0.4, -0.2) is 28.7 Å². The molecule has 0 amide bonds. The number of hydrogen-bond acceptors (Lipinski definition) is 5. The van der Waals surface area contributed by atoms with E-state index in [4.69, 9.17) is 4.84 Å². The highest BCUT2D eigenvalue weighted by Gasteiger charge is 2.43. The summed E-state index contributed by atoms with van der Waals surface area (Å²) in [5.41, 5.74) is 3.71. The van der Waals surface area contributed by atoms with Crippen LogP contribution in [0.3, 0.4) is 0 Å². The maximum atomic E-state index is 13.1. The number of carbonyl (C=O) groups excluding carboxylic acids is 3. The van der Waals surface area contributed by atoms with Crippen LogP contribution in [0.1, 0.15) is 74.1 Å². The molecule has 1 heterocycles. The number of hydrogen-bond donors (Lipinski definition) is 0. The topological polar surface area (TPSA) is 72.8 Å². The standard InChI is InChI=1S/C24H29NO4/c1-6-16-11-14(2)10-15(3)21(16)22-20(27)12-17(23(22)28)8-7-9-19(26)18-13-24(4,5)29-25-18/h6,10-11,17,22H,1,7-9,12-13H2,2-5H3. The Kier molecular flexibility index (Phi) is 5.87. The fourth-order valence-electron chi connectivity index (χ4n) is 4.43. The molecule has 2 aliphatic rings. The van der Waals surface area contributed by atoms with Crippen molar-refractivity contribution in [2.45, 2.75) is 71.3 Å². The molecule has 2 unspecified atom stereocenters. The van der Waals surface area contributed by atoms with Crippen molar-refractivity contribution in [1.29, 1.82) is 0 Å². The third-order valence-corrected chi connectivity index (χ3v) is 5.80. The Morgan fingerprint density at radius 2 is 2.03 bits per heavy atom. The molecule has 0 radical (unpaired) electrons. The predicted octanol–water partition coefficient (Wildman–Crippen LogP) is 4.48. The van der Waals surface area contributed by atoms with Crippen molar-refractivity contribution in [2.24, 2.45) is 11.1 Å². The molecule has 5 heteroatoms. The SMILES string of the molecule is C=Cc1cc(C)cc(C)c1C1C(=O)CC(CCCC(=O)C2=NOC(C)(C)C2)C1=O. The minimum Gasteiger partial charge on any atom is -0.389 e. The molecular weight excluding hydrogens is 366 g/mol. The van der Waals surface area contributed by atoms with Gasteiger partial charge in [0.1, 0.15) is 23.0 Å². The molecule has 0 bridgehead atoms. The monoisotopic (exact) mass is 395 g/mol. The molecule has 1 aromatic carbocycles. The van der Waals surface area contributed by atoms with E-state index in [1.807, 2.05) is 39.8 Å². The highest BCUT2D eigenvalue weighted by Crippen LogP contribution is 2.38. The zero-order valence-corrected chi connectivity index (χ0v) is 17.7. The molecule has 1 fully saturated rings. The first-order valence-corrected chi connectivity index (χ1v) is 10.2. The van der Waals surface area contributed by atoms with Crippen molar-refractivity contribution < 1.29 is 19.2 Å². The third kappa shape index (κ3) is 4.39. The molecule has 3 rings (SSSR count). The van der Waals surface area contributed by atoms with E-state index in [-0.39, 0.29) is 29.7 Å². The summed E-state index contributed by atoms with van der Waals surface area (Å²) in [5.74, 6) is -1.13. The van der Waals surface area contributed by atoms with Crippen molar-refractivity contribution in [3.63, 3.8) is 0 Å². The second-order valence-corrected chi connectivity index (χ2v) is 8.87. The number of nitrogens with zero attached hydrogens (tertiary/aromatic N) is 1. The number of rotatable bonds is 7. The lowest BCUT2D eigenvalue weighted by atomic mass is 9.85. The van der Waals surface area contributed by atoms with E-state index >= 15 is 0 Å². The van der Waals surface area contributed by atoms with Crippen LogP contribution < -0.4 is 0 Å². The molecular formula is C24H29NO4. The Hall–Kier alpha value is -2.56. The van der Waals surface area contributed by atoms with Crippen LogP contribution in [-0.2, 0) is 19.2 Å². The van der Waals surface area contributed by atoms with Gasteiger partial charge in [-0.2, -0.15) is 0 Å². The molecule has 1 saturated carbocycles. The van der Waals surface area contributed by atoms with Crippen LogP contribution >= 0.6 is 0 Å². The normalized spacial score (nSPS) is 23.1. The molecule has 1 aliphatic carbocycles. The quantitative estimate of drug-likeness (QED) is 0.638. The number of benzene rings is 1. The van der Waals surface area contributed by atoms with Crippen molar-refractivity contribution >= 4 is 29.1 Å². The molecule has 1 aromatic rings. The van der Waals surface area contributed by atoms with E-state index in [2.05, 4.69) is 11.7 Å². The van der Waals surface area contributed by atoms with Gasteiger partial charge in [-0.25, -0.2) is 0 Å². The van der Waals surface area contributed by atoms with Gasteiger partial charge in [0.15, 0.2) is 11.6 Å². The first kappa shape index (κ1) is 21.2. The third-order valence-electron chi connectivity index (χ3n) is 5.80. The summed E-state index contributed by atoms with van der Waals surface area (Å²) in [7, 11) is 0. The van der Waals surface area contributed by atoms with Gasteiger partial charge in [-0.05, 0) is 57.2 Å². The van der Waals surface area contributed by atoms with E-state index in [0.717, 1.165) is 22.3 Å². The average Bonchev–Trinajstić information content (AvgIpc) is 3.14. The lowest BCUT2D eigenvalue weighted by Gasteiger charge is -2.16. The fourth-order valence-corrected chi connectivity index (χ4v) is 4.43. The molecule has 1 aliphatic heterocycles. The molecule has 0 N–H and O–H groups in total. The van der Waals surface area contributed by atoms with Gasteiger partial charge in [0.25, 0.3) is 0 Å². The Bertz CT molecular complexity index is 910. The minimum absolute atomic E-state index is 0.0276. The van der Waals surface area contributed by atoms with Crippen LogP contribution in [0.4, 0.5) is 0 Å². The van der Waals surface area contributed by atoms with Gasteiger partial charge in [-0.1, -0.05) is 35.5 Å². The minimum atomic E-state index is -0.710. The first-order valence-electron chi connectivity index (χ1n) is 10.2. The summed E-state index contributed by atoms with van der Waals surface area (Å²) >= 11 is 0. The molecule has 0 spiro atoms. The number of carbonyl (C=O) groups is 3. The van der Waals surface area contributed by atoms with Gasteiger partial charge in [-0.3, -0.25) is 14.4 Å². The lowest BCUT2D eigenvalue weighted by Crippen LogP contribution is -2.22. The van der Waals surface area contributed by atoms with Gasteiger partial charge in [0.2, 0.25) is 0 Å². The second-order valence-electron chi connectivity index (χ2n) is 8.87. The maximum absolute atomic E-state index is 13.1. The van der Waals surface area contributed by atoms with Gasteiger partial charge in [0, 0.05) is 25.2 Å². The largest absolute Gasteiger partial charge is 0.389 e. The fraction of sp³-hybridized carbons (Fsp3) is 0.500. The Balaban J connectivity index is 1.65. The molecule has 29 heavy (non-hydrogen) atoms. The van der Waals surface area contributed by atoms with Gasteiger partial charge in [0.05, 0.1) is 0 Å². The van der Waals surface area contributed by atoms with E-state index in [0.29, 0.717) is 31.4 Å². The van der Waals surface area contributed by atoms with Crippen LogP contribution in [0.25, 0.3) is 6.08 Å². The Morgan fingerprint density at radius 3 is 2.66 bits per heavy atom. The van der Waals surface area contributed by atoms with Crippen LogP contribution in [0.2, 0.25) is 0 Å². The number of ketones is 3. The molecule has 0 saturated heterocycles. The summed E-state index contributed by atoms with van der Waals surface area (Å²) in [5, 5.41) is 3.89. The van der Waals surface area contributed by atoms with Crippen LogP contribution in [0, 0.1) is 19.8 Å². The smallest absolute Gasteiger partial charge is 0.180 e. The highest BCUT2D eigenvalue weighted by atomic mass is 16.7. The molecule has 154 valence electrons. The summed E-state index contributed by atoms with van der Waals surface area (Å²) in [4.78, 5) is 43.4. The van der Waals surface area contributed by atoms with E-state index < -0.39 is 11.5 Å². The predicted molar refractivity (Wildman–Crippen MR) is 113 cm³/mol. The summed E-state index contributed by atoms with van der Waals surface area (Å²) < 4.78 is 0. The summed E-state index contributed by atoms with van der Waals surface area (Å²) in [6.07, 6.45) is 3.90. The summed E-state index contributed by atoms with van der Waals surface area (Å²) in [6, 6.07) is 3.97. The van der Waals surface area contributed by atoms with Crippen molar-refractivity contribution in [2.75, 3.05) is 0 Å². The lowest BCUT2D eigenvalue weighted by molar-refractivity contribution is -0.125. The second kappa shape index (κ2) is 8.05. The number of Topliss-reactive ketones (excluding diaryl/α,β-unsaturated/α-hetero) is 3. The average molecular weight is 395 g/mol. The zero-order valence-electron chi connectivity index (χ0n) is 17.7. The highest BCUT2D eigenvalue weighted by molar-refractivity contribution is 6.40. The first-order chi connectivity index (χ1) is 13.6. The van der Waals surface area contributed by atoms with Crippen molar-refractivity contribution in [1.82, 2.24) is 0 Å². The van der Waals surface area contributed by atoms with Gasteiger partial charge in [-0.15, -0.1) is 0 Å². The van der Waals surface area contributed by atoms with Crippen molar-refractivity contribution in [3.05, 3.63) is 41.0 Å². The number of aryl methyl sites for hydroxylation is 2. The maximum Gasteiger partial charge on any atom is 0.180 e. The Labute approximate surface area is 172 Å². The van der Waals surface area contributed by atoms with E-state index in [9.17, 15) is 14.4 Å². The van der Waals surface area contributed by atoms with Gasteiger partial charge >= 0.3 is 0 Å². The molecule has 5 nitrogen and oxygen atoms in total. The molecule has 2 atom stereocenters. The summed E-state index contributed by atoms with van der Waals surface area (Å²) in [6.45, 7) is 11.6. The molecule has 0 aromatic heterocycles. The zero-order chi connectivity index (χ0) is 21.3. The van der Waals surface area contributed by atoms with E-state index in [1.165, 1.54) is 0 Å². The Morgan fingerprint density at radius 1 is 1.31 bits per heavy atom. The van der Waals surface area contributed by atoms with Crippen LogP contribution in [0.5, 0.6) is 0 Å². The van der Waals surface area contributed by atoms with Crippen LogP contribution in [0.15, 0.2) is 23.9 Å². The van der Waals surface area contributed by atoms with Gasteiger partial charge < -0.3 is 4.84 Å². The van der Waals surface area contributed by atoms with Crippen molar-refractivity contribution in [3.8, 4) is 0 Å². The van der Waals surface area contributed by atoms with E-state index in [1.54, 1.807) is 6.08 Å².